The van der Waals surface area contributed by atoms with Crippen LogP contribution in [0.25, 0.3) is 0 Å². The zero-order valence-corrected chi connectivity index (χ0v) is 12.2. The lowest BCUT2D eigenvalue weighted by molar-refractivity contribution is 0.442. The summed E-state index contributed by atoms with van der Waals surface area (Å²) in [7, 11) is 2.14. The van der Waals surface area contributed by atoms with Gasteiger partial charge < -0.3 is 4.90 Å². The maximum absolute atomic E-state index is 4.39. The van der Waals surface area contributed by atoms with E-state index in [9.17, 15) is 0 Å². The molecule has 1 aromatic rings. The summed E-state index contributed by atoms with van der Waals surface area (Å²) in [5.74, 6) is 1.05. The van der Waals surface area contributed by atoms with Crippen molar-refractivity contribution in [3.63, 3.8) is 0 Å². The summed E-state index contributed by atoms with van der Waals surface area (Å²) in [6.07, 6.45) is 7.81. The van der Waals surface area contributed by atoms with Crippen LogP contribution < -0.4 is 4.90 Å². The smallest absolute Gasteiger partial charge is 0.132 e. The molecule has 1 aromatic heterocycles. The Morgan fingerprint density at radius 2 is 2.12 bits per heavy atom. The fourth-order valence-electron chi connectivity index (χ4n) is 2.44. The van der Waals surface area contributed by atoms with Crippen LogP contribution in [0.3, 0.4) is 0 Å². The van der Waals surface area contributed by atoms with Crippen LogP contribution in [0.5, 0.6) is 0 Å². The summed E-state index contributed by atoms with van der Waals surface area (Å²) in [6.45, 7) is 2.13. The van der Waals surface area contributed by atoms with Gasteiger partial charge in [-0.1, -0.05) is 35.7 Å². The number of hydrogen-bond donors (Lipinski definition) is 0. The maximum atomic E-state index is 4.39. The zero-order valence-electron chi connectivity index (χ0n) is 10.6. The van der Waals surface area contributed by atoms with E-state index >= 15 is 0 Å². The molecule has 0 aromatic carbocycles. The average molecular weight is 298 g/mol. The van der Waals surface area contributed by atoms with Gasteiger partial charge in [0.2, 0.25) is 0 Å². The van der Waals surface area contributed by atoms with E-state index in [-0.39, 0.29) is 0 Å². The number of anilines is 1. The summed E-state index contributed by atoms with van der Waals surface area (Å²) in [5.41, 5.74) is 1.11. The summed E-state index contributed by atoms with van der Waals surface area (Å²) in [5, 5.41) is 0. The highest BCUT2D eigenvalue weighted by Crippen LogP contribution is 2.29. The van der Waals surface area contributed by atoms with Crippen molar-refractivity contribution < 1.29 is 0 Å². The van der Waals surface area contributed by atoms with E-state index in [1.54, 1.807) is 6.33 Å². The molecule has 0 N–H and O–H groups in total. The highest BCUT2D eigenvalue weighted by Gasteiger charge is 2.27. The van der Waals surface area contributed by atoms with Gasteiger partial charge in [-0.15, -0.1) is 0 Å². The molecule has 1 aliphatic rings. The van der Waals surface area contributed by atoms with Crippen molar-refractivity contribution >= 4 is 21.7 Å². The van der Waals surface area contributed by atoms with Gasteiger partial charge in [0.25, 0.3) is 0 Å². The lowest BCUT2D eigenvalue weighted by Crippen LogP contribution is -2.41. The van der Waals surface area contributed by atoms with Crippen molar-refractivity contribution in [3.05, 3.63) is 18.1 Å². The molecular weight excluding hydrogens is 278 g/mol. The molecule has 1 saturated carbocycles. The molecule has 0 bridgehead atoms. The molecule has 1 heterocycles. The molecule has 0 saturated heterocycles. The molecule has 3 nitrogen and oxygen atoms in total. The normalized spacial score (nSPS) is 24.6. The van der Waals surface area contributed by atoms with Crippen LogP contribution in [0.15, 0.2) is 12.4 Å². The second kappa shape index (κ2) is 5.80. The largest absolute Gasteiger partial charge is 0.355 e. The molecule has 2 unspecified atom stereocenters. The summed E-state index contributed by atoms with van der Waals surface area (Å²) >= 11 is 3.80. The first-order chi connectivity index (χ1) is 8.22. The van der Waals surface area contributed by atoms with Crippen LogP contribution in [-0.4, -0.2) is 27.9 Å². The summed E-state index contributed by atoms with van der Waals surface area (Å²) in [6, 6.07) is 2.66. The number of halogens is 1. The monoisotopic (exact) mass is 297 g/mol. The molecule has 4 heteroatoms. The maximum Gasteiger partial charge on any atom is 0.132 e. The fraction of sp³-hybridized carbons (Fsp3) is 0.692. The fourth-order valence-corrected chi connectivity index (χ4v) is 3.39. The number of aromatic nitrogens is 2. The highest BCUT2D eigenvalue weighted by molar-refractivity contribution is 9.09. The standard InChI is InChI=1S/C13H20BrN3/c1-3-10-8-13(16-9-15-10)17(2)12-7-5-4-6-11(12)14/h8-9,11-12H,3-7H2,1-2H3. The van der Waals surface area contributed by atoms with Gasteiger partial charge in [0.05, 0.1) is 0 Å². The van der Waals surface area contributed by atoms with Gasteiger partial charge in [-0.2, -0.15) is 0 Å². The second-order valence-electron chi connectivity index (χ2n) is 4.70. The van der Waals surface area contributed by atoms with E-state index in [2.05, 4.69) is 50.8 Å². The van der Waals surface area contributed by atoms with Gasteiger partial charge in [-0.3, -0.25) is 0 Å². The Kier molecular flexibility index (Phi) is 4.37. The number of nitrogens with zero attached hydrogens (tertiary/aromatic N) is 3. The second-order valence-corrected chi connectivity index (χ2v) is 5.88. The molecule has 2 rings (SSSR count). The molecule has 0 amide bonds. The molecule has 1 fully saturated rings. The molecule has 0 radical (unpaired) electrons. The molecule has 94 valence electrons. The van der Waals surface area contributed by atoms with Crippen LogP contribution in [-0.2, 0) is 6.42 Å². The van der Waals surface area contributed by atoms with Crippen molar-refractivity contribution in [2.45, 2.75) is 49.9 Å². The first kappa shape index (κ1) is 12.8. The van der Waals surface area contributed by atoms with Gasteiger partial charge in [0.1, 0.15) is 12.1 Å². The molecule has 0 aliphatic heterocycles. The molecule has 1 aliphatic carbocycles. The van der Waals surface area contributed by atoms with Crippen LogP contribution in [0.4, 0.5) is 5.82 Å². The van der Waals surface area contributed by atoms with Crippen molar-refractivity contribution in [2.24, 2.45) is 0 Å². The number of aryl methyl sites for hydroxylation is 1. The van der Waals surface area contributed by atoms with Gasteiger partial charge in [-0.25, -0.2) is 9.97 Å². The van der Waals surface area contributed by atoms with Crippen LogP contribution in [0, 0.1) is 0 Å². The minimum atomic E-state index is 0.559. The third-order valence-electron chi connectivity index (χ3n) is 3.58. The van der Waals surface area contributed by atoms with Crippen molar-refractivity contribution in [2.75, 3.05) is 11.9 Å². The minimum absolute atomic E-state index is 0.559. The number of rotatable bonds is 3. The Morgan fingerprint density at radius 1 is 1.35 bits per heavy atom. The Balaban J connectivity index is 2.14. The molecular formula is C13H20BrN3. The number of hydrogen-bond acceptors (Lipinski definition) is 3. The molecule has 0 spiro atoms. The first-order valence-electron chi connectivity index (χ1n) is 6.40. The lowest BCUT2D eigenvalue weighted by Gasteiger charge is -2.35. The topological polar surface area (TPSA) is 29.0 Å². The predicted molar refractivity (Wildman–Crippen MR) is 74.8 cm³/mol. The van der Waals surface area contributed by atoms with E-state index in [1.807, 2.05) is 0 Å². The lowest BCUT2D eigenvalue weighted by atomic mass is 9.94. The van der Waals surface area contributed by atoms with Crippen molar-refractivity contribution in [3.8, 4) is 0 Å². The molecule has 17 heavy (non-hydrogen) atoms. The first-order valence-corrected chi connectivity index (χ1v) is 7.31. The van der Waals surface area contributed by atoms with Gasteiger partial charge in [-0.05, 0) is 19.3 Å². The van der Waals surface area contributed by atoms with E-state index in [4.69, 9.17) is 0 Å². The third kappa shape index (κ3) is 2.97. The Bertz CT molecular complexity index is 369. The van der Waals surface area contributed by atoms with E-state index < -0.39 is 0 Å². The van der Waals surface area contributed by atoms with Gasteiger partial charge in [0.15, 0.2) is 0 Å². The van der Waals surface area contributed by atoms with Crippen molar-refractivity contribution in [1.82, 2.24) is 9.97 Å². The Labute approximate surface area is 112 Å². The van der Waals surface area contributed by atoms with E-state index in [0.29, 0.717) is 10.9 Å². The van der Waals surface area contributed by atoms with Crippen LogP contribution in [0.2, 0.25) is 0 Å². The SMILES string of the molecule is CCc1cc(N(C)C2CCCCC2Br)ncn1. The van der Waals surface area contributed by atoms with Gasteiger partial charge >= 0.3 is 0 Å². The van der Waals surface area contributed by atoms with Crippen molar-refractivity contribution in [1.29, 1.82) is 0 Å². The number of alkyl halides is 1. The van der Waals surface area contributed by atoms with Gasteiger partial charge in [0, 0.05) is 29.7 Å². The van der Waals surface area contributed by atoms with E-state index in [1.165, 1.54) is 25.7 Å². The minimum Gasteiger partial charge on any atom is -0.355 e. The Hall–Kier alpha value is -0.640. The quantitative estimate of drug-likeness (QED) is 0.803. The Morgan fingerprint density at radius 3 is 2.82 bits per heavy atom. The van der Waals surface area contributed by atoms with E-state index in [0.717, 1.165) is 17.9 Å². The molecule has 2 atom stereocenters. The summed E-state index contributed by atoms with van der Waals surface area (Å²) < 4.78 is 0. The predicted octanol–water partition coefficient (Wildman–Crippen LogP) is 3.18. The van der Waals surface area contributed by atoms with Crippen LogP contribution >= 0.6 is 15.9 Å². The highest BCUT2D eigenvalue weighted by atomic mass is 79.9. The summed E-state index contributed by atoms with van der Waals surface area (Å²) in [4.78, 5) is 11.5. The average Bonchev–Trinajstić information content (AvgIpc) is 2.38. The van der Waals surface area contributed by atoms with Crippen LogP contribution in [0.1, 0.15) is 38.3 Å². The third-order valence-corrected chi connectivity index (χ3v) is 4.65. The zero-order chi connectivity index (χ0) is 12.3.